The van der Waals surface area contributed by atoms with Gasteiger partial charge in [-0.3, -0.25) is 14.6 Å². The van der Waals surface area contributed by atoms with E-state index in [2.05, 4.69) is 20.5 Å². The van der Waals surface area contributed by atoms with Crippen LogP contribution in [0.2, 0.25) is 0 Å². The van der Waals surface area contributed by atoms with Crippen molar-refractivity contribution in [3.05, 3.63) is 59.4 Å². The Bertz CT molecular complexity index is 1150. The molecule has 0 radical (unpaired) electrons. The lowest BCUT2D eigenvalue weighted by Gasteiger charge is -2.37. The number of methoxy groups -OCH3 is 1. The lowest BCUT2D eigenvalue weighted by atomic mass is 10.2. The number of piperazine rings is 1. The van der Waals surface area contributed by atoms with Gasteiger partial charge in [-0.05, 0) is 50.2 Å². The van der Waals surface area contributed by atoms with Crippen LogP contribution in [-0.4, -0.2) is 66.6 Å². The minimum Gasteiger partial charge on any atom is -0.493 e. The van der Waals surface area contributed by atoms with Crippen LogP contribution >= 0.6 is 11.3 Å². The minimum atomic E-state index is -0.365. The monoisotopic (exact) mass is 498 g/mol. The first kappa shape index (κ1) is 25.1. The number of thiazole rings is 1. The quantitative estimate of drug-likeness (QED) is 0.469. The molecule has 186 valence electrons. The summed E-state index contributed by atoms with van der Waals surface area (Å²) in [5.74, 6) is 0.940. The molecule has 0 bridgehead atoms. The Labute approximate surface area is 209 Å². The third-order valence-corrected chi connectivity index (χ3v) is 7.01. The van der Waals surface area contributed by atoms with Gasteiger partial charge in [0.05, 0.1) is 25.5 Å². The molecule has 9 heteroatoms. The third kappa shape index (κ3) is 6.36. The largest absolute Gasteiger partial charge is 0.493 e. The molecule has 1 aliphatic rings. The standard InChI is InChI=1S/C26H31FN4O3S/c1-4-34-23-9-8-19(14-24(23)33-3)26-29-22(17-35-26)16-30-10-12-31(13-11-30)18(2)25(32)28-21-7-5-6-20(27)15-21/h5-9,14-15,17-18H,4,10-13,16H2,1-3H3,(H,28,32). The fourth-order valence-corrected chi connectivity index (χ4v) is 4.91. The zero-order valence-electron chi connectivity index (χ0n) is 20.3. The van der Waals surface area contributed by atoms with E-state index in [0.717, 1.165) is 54.7 Å². The molecule has 35 heavy (non-hydrogen) atoms. The summed E-state index contributed by atoms with van der Waals surface area (Å²) in [4.78, 5) is 22.0. The number of ether oxygens (including phenoxy) is 2. The van der Waals surface area contributed by atoms with Gasteiger partial charge in [0.15, 0.2) is 11.5 Å². The van der Waals surface area contributed by atoms with Crippen molar-refractivity contribution in [1.82, 2.24) is 14.8 Å². The molecule has 7 nitrogen and oxygen atoms in total. The summed E-state index contributed by atoms with van der Waals surface area (Å²) in [5.41, 5.74) is 2.51. The van der Waals surface area contributed by atoms with Crippen LogP contribution in [0.4, 0.5) is 10.1 Å². The maximum atomic E-state index is 13.4. The first-order chi connectivity index (χ1) is 17.0. The highest BCUT2D eigenvalue weighted by Gasteiger charge is 2.26. The Balaban J connectivity index is 1.30. The Morgan fingerprint density at radius 2 is 1.97 bits per heavy atom. The summed E-state index contributed by atoms with van der Waals surface area (Å²) < 4.78 is 24.5. The van der Waals surface area contributed by atoms with Crippen molar-refractivity contribution in [3.63, 3.8) is 0 Å². The second kappa shape index (κ2) is 11.6. The van der Waals surface area contributed by atoms with Gasteiger partial charge in [-0.2, -0.15) is 0 Å². The lowest BCUT2D eigenvalue weighted by molar-refractivity contribution is -0.121. The van der Waals surface area contributed by atoms with Crippen LogP contribution in [0.3, 0.4) is 0 Å². The molecular weight excluding hydrogens is 467 g/mol. The van der Waals surface area contributed by atoms with E-state index in [9.17, 15) is 9.18 Å². The van der Waals surface area contributed by atoms with Crippen molar-refractivity contribution in [2.24, 2.45) is 0 Å². The van der Waals surface area contributed by atoms with Crippen molar-refractivity contribution < 1.29 is 18.7 Å². The van der Waals surface area contributed by atoms with E-state index >= 15 is 0 Å². The summed E-state index contributed by atoms with van der Waals surface area (Å²) in [5, 5.41) is 5.85. The number of nitrogens with one attached hydrogen (secondary N) is 1. The molecule has 0 aliphatic carbocycles. The summed E-state index contributed by atoms with van der Waals surface area (Å²) >= 11 is 1.62. The van der Waals surface area contributed by atoms with E-state index in [-0.39, 0.29) is 17.8 Å². The Morgan fingerprint density at radius 1 is 1.17 bits per heavy atom. The Morgan fingerprint density at radius 3 is 2.69 bits per heavy atom. The van der Waals surface area contributed by atoms with Crippen molar-refractivity contribution in [3.8, 4) is 22.1 Å². The maximum absolute atomic E-state index is 13.4. The van der Waals surface area contributed by atoms with Crippen LogP contribution in [0, 0.1) is 5.82 Å². The second-order valence-electron chi connectivity index (χ2n) is 8.43. The average Bonchev–Trinajstić information content (AvgIpc) is 3.33. The van der Waals surface area contributed by atoms with Crippen LogP contribution in [-0.2, 0) is 11.3 Å². The molecule has 0 spiro atoms. The SMILES string of the molecule is CCOc1ccc(-c2nc(CN3CCN(C(C)C(=O)Nc4cccc(F)c4)CC3)cs2)cc1OC. The van der Waals surface area contributed by atoms with E-state index in [1.807, 2.05) is 32.0 Å². The van der Waals surface area contributed by atoms with Crippen molar-refractivity contribution in [2.45, 2.75) is 26.4 Å². The van der Waals surface area contributed by atoms with Crippen LogP contribution in [0.5, 0.6) is 11.5 Å². The Hall–Kier alpha value is -3.01. The number of carbonyl (C=O) groups is 1. The summed E-state index contributed by atoms with van der Waals surface area (Å²) in [6, 6.07) is 11.6. The number of aromatic nitrogens is 1. The normalized spacial score (nSPS) is 15.5. The summed E-state index contributed by atoms with van der Waals surface area (Å²) in [6.45, 7) is 8.45. The number of nitrogens with zero attached hydrogens (tertiary/aromatic N) is 3. The topological polar surface area (TPSA) is 66.9 Å². The van der Waals surface area contributed by atoms with Crippen LogP contribution in [0.25, 0.3) is 10.6 Å². The van der Waals surface area contributed by atoms with E-state index in [4.69, 9.17) is 14.5 Å². The fraction of sp³-hybridized carbons (Fsp3) is 0.385. The van der Waals surface area contributed by atoms with Crippen molar-refractivity contribution >= 4 is 22.9 Å². The van der Waals surface area contributed by atoms with Gasteiger partial charge in [0.25, 0.3) is 0 Å². The molecule has 0 saturated carbocycles. The van der Waals surface area contributed by atoms with E-state index < -0.39 is 0 Å². The number of halogens is 1. The summed E-state index contributed by atoms with van der Waals surface area (Å²) in [6.07, 6.45) is 0. The predicted octanol–water partition coefficient (Wildman–Crippen LogP) is 4.50. The molecule has 4 rings (SSSR count). The number of anilines is 1. The highest BCUT2D eigenvalue weighted by Crippen LogP contribution is 2.34. The van der Waals surface area contributed by atoms with Crippen LogP contribution < -0.4 is 14.8 Å². The first-order valence-corrected chi connectivity index (χ1v) is 12.6. The molecule has 1 unspecified atom stereocenters. The minimum absolute atomic E-state index is 0.126. The number of rotatable bonds is 9. The van der Waals surface area contributed by atoms with Gasteiger partial charge in [0, 0.05) is 49.4 Å². The predicted molar refractivity (Wildman–Crippen MR) is 137 cm³/mol. The number of benzene rings is 2. The average molecular weight is 499 g/mol. The highest BCUT2D eigenvalue weighted by molar-refractivity contribution is 7.13. The molecule has 1 saturated heterocycles. The fourth-order valence-electron chi connectivity index (χ4n) is 4.10. The molecule has 1 atom stereocenters. The van der Waals surface area contributed by atoms with E-state index in [0.29, 0.717) is 18.0 Å². The zero-order chi connectivity index (χ0) is 24.8. The number of hydrogen-bond acceptors (Lipinski definition) is 7. The van der Waals surface area contributed by atoms with Gasteiger partial charge in [0.2, 0.25) is 5.91 Å². The van der Waals surface area contributed by atoms with Gasteiger partial charge in [-0.25, -0.2) is 9.37 Å². The van der Waals surface area contributed by atoms with Crippen molar-refractivity contribution in [2.75, 3.05) is 45.2 Å². The van der Waals surface area contributed by atoms with E-state index in [1.165, 1.54) is 12.1 Å². The molecule has 1 aromatic heterocycles. The number of carbonyl (C=O) groups excluding carboxylic acids is 1. The molecule has 3 aromatic rings. The van der Waals surface area contributed by atoms with Gasteiger partial charge < -0.3 is 14.8 Å². The molecule has 2 heterocycles. The third-order valence-electron chi connectivity index (χ3n) is 6.07. The van der Waals surface area contributed by atoms with E-state index in [1.54, 1.807) is 30.6 Å². The zero-order valence-corrected chi connectivity index (χ0v) is 21.1. The number of amides is 1. The van der Waals surface area contributed by atoms with Crippen LogP contribution in [0.15, 0.2) is 47.8 Å². The molecule has 1 aliphatic heterocycles. The summed E-state index contributed by atoms with van der Waals surface area (Å²) in [7, 11) is 1.64. The number of hydrogen-bond donors (Lipinski definition) is 1. The lowest BCUT2D eigenvalue weighted by Crippen LogP contribution is -2.52. The highest BCUT2D eigenvalue weighted by atomic mass is 32.1. The van der Waals surface area contributed by atoms with Gasteiger partial charge in [-0.15, -0.1) is 11.3 Å². The first-order valence-electron chi connectivity index (χ1n) is 11.7. The molecule has 1 fully saturated rings. The molecular formula is C26H31FN4O3S. The Kier molecular flexibility index (Phi) is 8.33. The maximum Gasteiger partial charge on any atom is 0.241 e. The molecule has 1 N–H and O–H groups in total. The van der Waals surface area contributed by atoms with Gasteiger partial charge in [0.1, 0.15) is 10.8 Å². The molecule has 1 amide bonds. The van der Waals surface area contributed by atoms with Gasteiger partial charge >= 0.3 is 0 Å². The van der Waals surface area contributed by atoms with Gasteiger partial charge in [-0.1, -0.05) is 6.07 Å². The smallest absolute Gasteiger partial charge is 0.241 e. The second-order valence-corrected chi connectivity index (χ2v) is 9.29. The van der Waals surface area contributed by atoms with Crippen molar-refractivity contribution in [1.29, 1.82) is 0 Å². The van der Waals surface area contributed by atoms with Crippen LogP contribution in [0.1, 0.15) is 19.5 Å². The molecule has 2 aromatic carbocycles.